The molecule has 1 aliphatic heterocycles. The van der Waals surface area contributed by atoms with Gasteiger partial charge in [-0.05, 0) is 60.2 Å². The predicted octanol–water partition coefficient (Wildman–Crippen LogP) is 3.91. The molecule has 32 heavy (non-hydrogen) atoms. The molecule has 0 spiro atoms. The molecule has 1 N–H and O–H groups in total. The smallest absolute Gasteiger partial charge is 0.211 e. The van der Waals surface area contributed by atoms with Crippen LogP contribution in [-0.2, 0) is 21.4 Å². The zero-order chi connectivity index (χ0) is 23.1. The number of halogens is 1. The second kappa shape index (κ2) is 10.9. The molecule has 1 amide bonds. The molecule has 170 valence electrons. The third-order valence-corrected chi connectivity index (χ3v) is 8.30. The van der Waals surface area contributed by atoms with Gasteiger partial charge in [-0.1, -0.05) is 19.1 Å². The number of rotatable bonds is 9. The van der Waals surface area contributed by atoms with E-state index in [1.807, 2.05) is 12.1 Å². The standard InChI is InChI=1S/C23H26FN3O3S2/c1-2-11-32(29,30)26-15-18-3-5-20(24)13-22(18)17-4-6-23(19(12-17)14-25)31-21-7-9-27(16-28)10-8-21/h3-6,12-13,16,21,26H,2,7-11,15H2,1H3. The van der Waals surface area contributed by atoms with Gasteiger partial charge in [-0.25, -0.2) is 17.5 Å². The van der Waals surface area contributed by atoms with Crippen LogP contribution in [0.15, 0.2) is 41.3 Å². The van der Waals surface area contributed by atoms with Gasteiger partial charge in [0.25, 0.3) is 0 Å². The molecule has 2 aromatic carbocycles. The summed E-state index contributed by atoms with van der Waals surface area (Å²) in [6, 6.07) is 11.9. The van der Waals surface area contributed by atoms with Gasteiger partial charge < -0.3 is 4.90 Å². The first-order valence-corrected chi connectivity index (χ1v) is 13.0. The van der Waals surface area contributed by atoms with Gasteiger partial charge in [-0.3, -0.25) is 4.79 Å². The lowest BCUT2D eigenvalue weighted by molar-refractivity contribution is -0.118. The van der Waals surface area contributed by atoms with Crippen LogP contribution in [0, 0.1) is 17.1 Å². The molecule has 0 unspecified atom stereocenters. The van der Waals surface area contributed by atoms with E-state index >= 15 is 0 Å². The molecule has 0 aromatic heterocycles. The van der Waals surface area contributed by atoms with Gasteiger partial charge in [0.1, 0.15) is 11.9 Å². The molecule has 0 radical (unpaired) electrons. The Morgan fingerprint density at radius 3 is 2.66 bits per heavy atom. The van der Waals surface area contributed by atoms with Crippen molar-refractivity contribution in [3.05, 3.63) is 53.3 Å². The Morgan fingerprint density at radius 1 is 1.25 bits per heavy atom. The van der Waals surface area contributed by atoms with Gasteiger partial charge in [-0.2, -0.15) is 5.26 Å². The van der Waals surface area contributed by atoms with E-state index in [0.29, 0.717) is 47.0 Å². The highest BCUT2D eigenvalue weighted by molar-refractivity contribution is 8.00. The predicted molar refractivity (Wildman–Crippen MR) is 124 cm³/mol. The Hall–Kier alpha value is -2.41. The number of amides is 1. The van der Waals surface area contributed by atoms with E-state index in [4.69, 9.17) is 0 Å². The van der Waals surface area contributed by atoms with Gasteiger partial charge in [0, 0.05) is 29.8 Å². The van der Waals surface area contributed by atoms with E-state index in [1.54, 1.807) is 35.7 Å². The third kappa shape index (κ3) is 6.31. The number of hydrogen-bond donors (Lipinski definition) is 1. The Kier molecular flexibility index (Phi) is 8.29. The highest BCUT2D eigenvalue weighted by Crippen LogP contribution is 2.35. The normalized spacial score (nSPS) is 14.8. The molecule has 0 aliphatic carbocycles. The van der Waals surface area contributed by atoms with Gasteiger partial charge >= 0.3 is 0 Å². The van der Waals surface area contributed by atoms with Crippen molar-refractivity contribution in [2.45, 2.75) is 42.9 Å². The molecule has 1 heterocycles. The fraction of sp³-hybridized carbons (Fsp3) is 0.391. The summed E-state index contributed by atoms with van der Waals surface area (Å²) in [6.45, 7) is 3.26. The van der Waals surface area contributed by atoms with E-state index in [-0.39, 0.29) is 12.3 Å². The average molecular weight is 476 g/mol. The van der Waals surface area contributed by atoms with E-state index in [2.05, 4.69) is 10.8 Å². The molecule has 3 rings (SSSR count). The monoisotopic (exact) mass is 475 g/mol. The third-order valence-electron chi connectivity index (χ3n) is 5.36. The number of sulfonamides is 1. The van der Waals surface area contributed by atoms with E-state index in [0.717, 1.165) is 24.1 Å². The maximum absolute atomic E-state index is 14.0. The van der Waals surface area contributed by atoms with Crippen molar-refractivity contribution in [1.29, 1.82) is 5.26 Å². The summed E-state index contributed by atoms with van der Waals surface area (Å²) in [6.07, 6.45) is 3.10. The number of nitrogens with one attached hydrogen (secondary N) is 1. The molecular weight excluding hydrogens is 449 g/mol. The van der Waals surface area contributed by atoms with Crippen LogP contribution in [-0.4, -0.2) is 43.8 Å². The van der Waals surface area contributed by atoms with Crippen molar-refractivity contribution in [2.24, 2.45) is 0 Å². The summed E-state index contributed by atoms with van der Waals surface area (Å²) in [5.74, 6) is -0.404. The van der Waals surface area contributed by atoms with Crippen LogP contribution < -0.4 is 4.72 Å². The lowest BCUT2D eigenvalue weighted by Gasteiger charge is -2.28. The van der Waals surface area contributed by atoms with Crippen LogP contribution in [0.1, 0.15) is 37.3 Å². The lowest BCUT2D eigenvalue weighted by atomic mass is 9.98. The van der Waals surface area contributed by atoms with Crippen LogP contribution >= 0.6 is 11.8 Å². The second-order valence-electron chi connectivity index (χ2n) is 7.72. The summed E-state index contributed by atoms with van der Waals surface area (Å²) >= 11 is 1.63. The number of piperidine rings is 1. The molecule has 0 saturated carbocycles. The minimum absolute atomic E-state index is 0.0276. The molecule has 1 aliphatic rings. The van der Waals surface area contributed by atoms with Crippen LogP contribution in [0.4, 0.5) is 4.39 Å². The summed E-state index contributed by atoms with van der Waals surface area (Å²) in [5, 5.41) is 10.0. The van der Waals surface area contributed by atoms with E-state index in [9.17, 15) is 22.9 Å². The molecule has 1 fully saturated rings. The largest absolute Gasteiger partial charge is 0.345 e. The second-order valence-corrected chi connectivity index (χ2v) is 11.0. The minimum Gasteiger partial charge on any atom is -0.345 e. The highest BCUT2D eigenvalue weighted by atomic mass is 32.2. The topological polar surface area (TPSA) is 90.3 Å². The van der Waals surface area contributed by atoms with Gasteiger partial charge in [0.15, 0.2) is 0 Å². The number of likely N-dealkylation sites (tertiary alicyclic amines) is 1. The van der Waals surface area contributed by atoms with Crippen molar-refractivity contribution >= 4 is 28.2 Å². The molecule has 2 aromatic rings. The fourth-order valence-corrected chi connectivity index (χ4v) is 5.91. The van der Waals surface area contributed by atoms with Crippen molar-refractivity contribution < 1.29 is 17.6 Å². The lowest BCUT2D eigenvalue weighted by Crippen LogP contribution is -2.33. The Balaban J connectivity index is 1.83. The minimum atomic E-state index is -3.41. The molecule has 1 saturated heterocycles. The molecule has 9 heteroatoms. The Labute approximate surface area is 192 Å². The van der Waals surface area contributed by atoms with Gasteiger partial charge in [0.2, 0.25) is 16.4 Å². The number of thioether (sulfide) groups is 1. The first kappa shape index (κ1) is 24.2. The van der Waals surface area contributed by atoms with Crippen molar-refractivity contribution in [3.63, 3.8) is 0 Å². The highest BCUT2D eigenvalue weighted by Gasteiger charge is 2.21. The number of nitriles is 1. The van der Waals surface area contributed by atoms with Crippen LogP contribution in [0.2, 0.25) is 0 Å². The SMILES string of the molecule is CCCS(=O)(=O)NCc1ccc(F)cc1-c1ccc(SC2CCN(C=O)CC2)c(C#N)c1. The molecule has 6 nitrogen and oxygen atoms in total. The van der Waals surface area contributed by atoms with Crippen molar-refractivity contribution in [1.82, 2.24) is 9.62 Å². The van der Waals surface area contributed by atoms with Crippen LogP contribution in [0.5, 0.6) is 0 Å². The fourth-order valence-electron chi connectivity index (χ4n) is 3.67. The summed E-state index contributed by atoms with van der Waals surface area (Å²) < 4.78 is 40.7. The molecule has 0 atom stereocenters. The number of nitrogens with zero attached hydrogens (tertiary/aromatic N) is 2. The van der Waals surface area contributed by atoms with E-state index < -0.39 is 15.8 Å². The quantitative estimate of drug-likeness (QED) is 0.556. The summed E-state index contributed by atoms with van der Waals surface area (Å²) in [7, 11) is -3.41. The van der Waals surface area contributed by atoms with Crippen LogP contribution in [0.3, 0.4) is 0 Å². The average Bonchev–Trinajstić information content (AvgIpc) is 2.79. The molecular formula is C23H26FN3O3S2. The maximum Gasteiger partial charge on any atom is 0.211 e. The van der Waals surface area contributed by atoms with E-state index in [1.165, 1.54) is 12.1 Å². The first-order valence-electron chi connectivity index (χ1n) is 10.5. The number of benzene rings is 2. The van der Waals surface area contributed by atoms with Gasteiger partial charge in [0.05, 0.1) is 11.3 Å². The number of carbonyl (C=O) groups excluding carboxylic acids is 1. The Bertz CT molecular complexity index is 1110. The van der Waals surface area contributed by atoms with Crippen molar-refractivity contribution in [3.8, 4) is 17.2 Å². The summed E-state index contributed by atoms with van der Waals surface area (Å²) in [4.78, 5) is 13.5. The maximum atomic E-state index is 14.0. The van der Waals surface area contributed by atoms with Crippen molar-refractivity contribution in [2.75, 3.05) is 18.8 Å². The number of carbonyl (C=O) groups is 1. The Morgan fingerprint density at radius 2 is 2.00 bits per heavy atom. The van der Waals surface area contributed by atoms with Crippen LogP contribution in [0.25, 0.3) is 11.1 Å². The molecule has 0 bridgehead atoms. The zero-order valence-electron chi connectivity index (χ0n) is 17.9. The zero-order valence-corrected chi connectivity index (χ0v) is 19.5. The first-order chi connectivity index (χ1) is 15.3. The van der Waals surface area contributed by atoms with Gasteiger partial charge in [-0.15, -0.1) is 11.8 Å². The number of hydrogen-bond acceptors (Lipinski definition) is 5. The summed E-state index contributed by atoms with van der Waals surface area (Å²) in [5.41, 5.74) is 2.34.